The number of fused-ring (bicyclic) bond motifs is 1. The van der Waals surface area contributed by atoms with Crippen LogP contribution in [0.15, 0.2) is 0 Å². The van der Waals surface area contributed by atoms with E-state index in [-0.39, 0.29) is 23.7 Å². The predicted octanol–water partition coefficient (Wildman–Crippen LogP) is 2.43. The van der Waals surface area contributed by atoms with Gasteiger partial charge in [-0.05, 0) is 31.6 Å². The quantitative estimate of drug-likeness (QED) is 0.560. The highest BCUT2D eigenvalue weighted by molar-refractivity contribution is 6.17. The first-order valence-corrected chi connectivity index (χ1v) is 7.09. The molecule has 0 spiro atoms. The van der Waals surface area contributed by atoms with Gasteiger partial charge in [-0.15, -0.1) is 11.6 Å². The zero-order chi connectivity index (χ0) is 12.4. The van der Waals surface area contributed by atoms with Crippen LogP contribution in [0.2, 0.25) is 0 Å². The Labute approximate surface area is 107 Å². The summed E-state index contributed by atoms with van der Waals surface area (Å²) in [7, 11) is 0. The van der Waals surface area contributed by atoms with Gasteiger partial charge in [-0.2, -0.15) is 0 Å². The Morgan fingerprint density at radius 2 is 1.82 bits per heavy atom. The fraction of sp³-hybridized carbons (Fsp3) is 0.846. The van der Waals surface area contributed by atoms with Crippen LogP contribution in [0.25, 0.3) is 0 Å². The Balaban J connectivity index is 1.89. The minimum absolute atomic E-state index is 0.00540. The van der Waals surface area contributed by atoms with Crippen LogP contribution in [0, 0.1) is 17.8 Å². The number of halogens is 1. The van der Waals surface area contributed by atoms with Gasteiger partial charge < -0.3 is 0 Å². The summed E-state index contributed by atoms with van der Waals surface area (Å²) in [4.78, 5) is 25.6. The third-order valence-corrected chi connectivity index (χ3v) is 4.35. The monoisotopic (exact) mass is 257 g/mol. The number of hydrogen-bond donors (Lipinski definition) is 0. The highest BCUT2D eigenvalue weighted by atomic mass is 35.5. The lowest BCUT2D eigenvalue weighted by molar-refractivity contribution is -0.140. The standard InChI is InChI=1S/C13H20ClNO2/c1-9(5-7-14)6-8-15-12(16)10-3-2-4-11(10)13(15)17/h9-11H,2-8H2,1H3. The van der Waals surface area contributed by atoms with E-state index in [9.17, 15) is 9.59 Å². The summed E-state index contributed by atoms with van der Waals surface area (Å²) in [5.74, 6) is 1.30. The number of nitrogens with zero attached hydrogens (tertiary/aromatic N) is 1. The van der Waals surface area contributed by atoms with Gasteiger partial charge in [0.25, 0.3) is 0 Å². The highest BCUT2D eigenvalue weighted by Gasteiger charge is 2.49. The third kappa shape index (κ3) is 2.49. The number of carbonyl (C=O) groups excluding carboxylic acids is 2. The Morgan fingerprint density at radius 3 is 2.35 bits per heavy atom. The molecule has 1 saturated carbocycles. The molecule has 0 radical (unpaired) electrons. The van der Waals surface area contributed by atoms with Gasteiger partial charge in [0.05, 0.1) is 11.8 Å². The van der Waals surface area contributed by atoms with Gasteiger partial charge >= 0.3 is 0 Å². The Bertz CT molecular complexity index is 297. The molecule has 2 amide bonds. The Hall–Kier alpha value is -0.570. The van der Waals surface area contributed by atoms with Crippen LogP contribution < -0.4 is 0 Å². The minimum Gasteiger partial charge on any atom is -0.282 e. The molecule has 1 heterocycles. The molecule has 3 nitrogen and oxygen atoms in total. The first kappa shape index (κ1) is 12.9. The van der Waals surface area contributed by atoms with E-state index in [0.29, 0.717) is 18.3 Å². The molecule has 0 N–H and O–H groups in total. The molecule has 1 aliphatic carbocycles. The Kier molecular flexibility index (Phi) is 4.08. The summed E-state index contributed by atoms with van der Waals surface area (Å²) in [5.41, 5.74) is 0. The van der Waals surface area contributed by atoms with Crippen molar-refractivity contribution in [2.45, 2.75) is 39.0 Å². The number of hydrogen-bond acceptors (Lipinski definition) is 2. The van der Waals surface area contributed by atoms with Crippen molar-refractivity contribution in [2.75, 3.05) is 12.4 Å². The van der Waals surface area contributed by atoms with Crippen LogP contribution >= 0.6 is 11.6 Å². The maximum absolute atomic E-state index is 12.0. The molecule has 2 fully saturated rings. The van der Waals surface area contributed by atoms with E-state index in [1.165, 1.54) is 4.90 Å². The highest BCUT2D eigenvalue weighted by Crippen LogP contribution is 2.39. The fourth-order valence-electron chi connectivity index (χ4n) is 2.96. The maximum Gasteiger partial charge on any atom is 0.233 e. The van der Waals surface area contributed by atoms with Crippen molar-refractivity contribution in [1.29, 1.82) is 0 Å². The largest absolute Gasteiger partial charge is 0.282 e. The molecular weight excluding hydrogens is 238 g/mol. The first-order valence-electron chi connectivity index (χ1n) is 6.56. The van der Waals surface area contributed by atoms with Crippen LogP contribution in [0.3, 0.4) is 0 Å². The van der Waals surface area contributed by atoms with Gasteiger partial charge in [-0.25, -0.2) is 0 Å². The summed E-state index contributed by atoms with van der Waals surface area (Å²) in [6.45, 7) is 2.71. The number of rotatable bonds is 5. The van der Waals surface area contributed by atoms with Crippen molar-refractivity contribution >= 4 is 23.4 Å². The number of likely N-dealkylation sites (tertiary alicyclic amines) is 1. The van der Waals surface area contributed by atoms with Crippen molar-refractivity contribution in [3.63, 3.8) is 0 Å². The summed E-state index contributed by atoms with van der Waals surface area (Å²) >= 11 is 5.68. The zero-order valence-corrected chi connectivity index (χ0v) is 11.1. The SMILES string of the molecule is CC(CCCl)CCN1C(=O)C2CCCC2C1=O. The molecule has 2 rings (SSSR count). The van der Waals surface area contributed by atoms with Gasteiger partial charge in [0.15, 0.2) is 0 Å². The maximum atomic E-state index is 12.0. The van der Waals surface area contributed by atoms with Gasteiger partial charge in [0, 0.05) is 12.4 Å². The second kappa shape index (κ2) is 5.38. The molecule has 4 heteroatoms. The fourth-order valence-corrected chi connectivity index (χ4v) is 3.33. The number of imide groups is 1. The van der Waals surface area contributed by atoms with Crippen molar-refractivity contribution in [3.05, 3.63) is 0 Å². The van der Waals surface area contributed by atoms with E-state index in [2.05, 4.69) is 6.92 Å². The van der Waals surface area contributed by atoms with E-state index in [4.69, 9.17) is 11.6 Å². The van der Waals surface area contributed by atoms with Gasteiger partial charge in [0.2, 0.25) is 11.8 Å². The molecular formula is C13H20ClNO2. The van der Waals surface area contributed by atoms with Gasteiger partial charge in [-0.1, -0.05) is 13.3 Å². The summed E-state index contributed by atoms with van der Waals surface area (Å²) in [5, 5.41) is 0. The van der Waals surface area contributed by atoms with Crippen LogP contribution in [0.5, 0.6) is 0 Å². The number of carbonyl (C=O) groups is 2. The smallest absolute Gasteiger partial charge is 0.233 e. The molecule has 1 saturated heterocycles. The second-order valence-corrected chi connectivity index (χ2v) is 5.72. The number of amides is 2. The molecule has 2 aliphatic rings. The van der Waals surface area contributed by atoms with Crippen LogP contribution in [0.4, 0.5) is 0 Å². The Morgan fingerprint density at radius 1 is 1.24 bits per heavy atom. The molecule has 17 heavy (non-hydrogen) atoms. The van der Waals surface area contributed by atoms with Crippen molar-refractivity contribution in [3.8, 4) is 0 Å². The van der Waals surface area contributed by atoms with Crippen LogP contribution in [0.1, 0.15) is 39.0 Å². The van der Waals surface area contributed by atoms with E-state index < -0.39 is 0 Å². The minimum atomic E-state index is 0.00540. The van der Waals surface area contributed by atoms with E-state index in [0.717, 1.165) is 32.1 Å². The van der Waals surface area contributed by atoms with Gasteiger partial charge in [-0.3, -0.25) is 14.5 Å². The second-order valence-electron chi connectivity index (χ2n) is 5.34. The molecule has 0 aromatic rings. The van der Waals surface area contributed by atoms with Crippen molar-refractivity contribution < 1.29 is 9.59 Å². The summed E-state index contributed by atoms with van der Waals surface area (Å²) < 4.78 is 0. The molecule has 3 unspecified atom stereocenters. The summed E-state index contributed by atoms with van der Waals surface area (Å²) in [6, 6.07) is 0. The molecule has 96 valence electrons. The number of alkyl halides is 1. The lowest BCUT2D eigenvalue weighted by Crippen LogP contribution is -2.33. The lowest BCUT2D eigenvalue weighted by atomic mass is 10.00. The molecule has 0 aromatic carbocycles. The van der Waals surface area contributed by atoms with Crippen molar-refractivity contribution in [1.82, 2.24) is 4.90 Å². The molecule has 3 atom stereocenters. The topological polar surface area (TPSA) is 37.4 Å². The molecule has 1 aliphatic heterocycles. The lowest BCUT2D eigenvalue weighted by Gasteiger charge is -2.18. The van der Waals surface area contributed by atoms with Gasteiger partial charge in [0.1, 0.15) is 0 Å². The average molecular weight is 258 g/mol. The van der Waals surface area contributed by atoms with E-state index in [1.54, 1.807) is 0 Å². The van der Waals surface area contributed by atoms with Crippen LogP contribution in [-0.4, -0.2) is 29.1 Å². The first-order chi connectivity index (χ1) is 8.15. The zero-order valence-electron chi connectivity index (χ0n) is 10.3. The van der Waals surface area contributed by atoms with E-state index in [1.807, 2.05) is 0 Å². The molecule has 0 aromatic heterocycles. The van der Waals surface area contributed by atoms with E-state index >= 15 is 0 Å². The predicted molar refractivity (Wildman–Crippen MR) is 66.7 cm³/mol. The third-order valence-electron chi connectivity index (χ3n) is 4.13. The average Bonchev–Trinajstić information content (AvgIpc) is 2.84. The summed E-state index contributed by atoms with van der Waals surface area (Å²) in [6.07, 6.45) is 4.67. The normalized spacial score (nSPS) is 29.9. The van der Waals surface area contributed by atoms with Crippen LogP contribution in [-0.2, 0) is 9.59 Å². The van der Waals surface area contributed by atoms with Crippen molar-refractivity contribution in [2.24, 2.45) is 17.8 Å². The molecule has 0 bridgehead atoms.